The van der Waals surface area contributed by atoms with Crippen molar-refractivity contribution in [3.63, 3.8) is 0 Å². The molecule has 0 aromatic carbocycles. The van der Waals surface area contributed by atoms with Gasteiger partial charge in [0.05, 0.1) is 0 Å². The first-order chi connectivity index (χ1) is 7.90. The first-order valence-corrected chi connectivity index (χ1v) is 6.52. The average Bonchev–Trinajstić information content (AvgIpc) is 2.83. The van der Waals surface area contributed by atoms with Crippen molar-refractivity contribution in [1.82, 2.24) is 10.3 Å². The second kappa shape index (κ2) is 6.00. The van der Waals surface area contributed by atoms with Crippen molar-refractivity contribution in [3.8, 4) is 0 Å². The van der Waals surface area contributed by atoms with Crippen LogP contribution in [0.4, 0.5) is 0 Å². The molecule has 1 heterocycles. The molecule has 1 unspecified atom stereocenters. The number of pyridine rings is 1. The van der Waals surface area contributed by atoms with E-state index in [1.54, 1.807) is 0 Å². The Bertz CT molecular complexity index is 291. The Morgan fingerprint density at radius 1 is 1.31 bits per heavy atom. The van der Waals surface area contributed by atoms with E-state index in [-0.39, 0.29) is 0 Å². The molecule has 0 saturated heterocycles. The fourth-order valence-corrected chi connectivity index (χ4v) is 2.80. The molecule has 1 aromatic heterocycles. The van der Waals surface area contributed by atoms with Crippen LogP contribution < -0.4 is 5.32 Å². The van der Waals surface area contributed by atoms with Crippen LogP contribution in [0.3, 0.4) is 0 Å². The Labute approximate surface area is 98.5 Å². The van der Waals surface area contributed by atoms with Gasteiger partial charge in [-0.2, -0.15) is 0 Å². The standard InChI is InChI=1S/C14H22N2/c1-2-16-14(13-5-3-4-6-13)11-12-7-9-15-10-8-12/h7-10,13-14,16H,2-6,11H2,1H3. The lowest BCUT2D eigenvalue weighted by atomic mass is 9.92. The molecule has 1 aliphatic rings. The molecular weight excluding hydrogens is 196 g/mol. The van der Waals surface area contributed by atoms with Crippen LogP contribution in [-0.2, 0) is 6.42 Å². The van der Waals surface area contributed by atoms with Gasteiger partial charge in [-0.1, -0.05) is 19.8 Å². The molecule has 2 nitrogen and oxygen atoms in total. The fraction of sp³-hybridized carbons (Fsp3) is 0.643. The molecule has 88 valence electrons. The van der Waals surface area contributed by atoms with Gasteiger partial charge in [-0.3, -0.25) is 4.98 Å². The summed E-state index contributed by atoms with van der Waals surface area (Å²) in [7, 11) is 0. The maximum Gasteiger partial charge on any atom is 0.0270 e. The van der Waals surface area contributed by atoms with Crippen LogP contribution in [0.2, 0.25) is 0 Å². The van der Waals surface area contributed by atoms with Crippen LogP contribution >= 0.6 is 0 Å². The summed E-state index contributed by atoms with van der Waals surface area (Å²) in [6, 6.07) is 4.94. The van der Waals surface area contributed by atoms with Gasteiger partial charge in [-0.15, -0.1) is 0 Å². The Kier molecular flexibility index (Phi) is 4.34. The summed E-state index contributed by atoms with van der Waals surface area (Å²) < 4.78 is 0. The van der Waals surface area contributed by atoms with Crippen LogP contribution in [0.1, 0.15) is 38.2 Å². The molecule has 1 fully saturated rings. The number of nitrogens with zero attached hydrogens (tertiary/aromatic N) is 1. The number of likely N-dealkylation sites (N-methyl/N-ethyl adjacent to an activating group) is 1. The van der Waals surface area contributed by atoms with Crippen molar-refractivity contribution >= 4 is 0 Å². The monoisotopic (exact) mass is 218 g/mol. The molecule has 0 radical (unpaired) electrons. The van der Waals surface area contributed by atoms with Crippen molar-refractivity contribution < 1.29 is 0 Å². The van der Waals surface area contributed by atoms with Gasteiger partial charge in [-0.25, -0.2) is 0 Å². The molecule has 1 aliphatic carbocycles. The molecule has 1 saturated carbocycles. The molecule has 2 rings (SSSR count). The molecule has 16 heavy (non-hydrogen) atoms. The molecule has 0 aliphatic heterocycles. The molecule has 2 heteroatoms. The summed E-state index contributed by atoms with van der Waals surface area (Å²) in [6.07, 6.45) is 10.6. The normalized spacial score (nSPS) is 18.8. The van der Waals surface area contributed by atoms with E-state index in [1.807, 2.05) is 12.4 Å². The first kappa shape index (κ1) is 11.6. The van der Waals surface area contributed by atoms with Gasteiger partial charge in [0.2, 0.25) is 0 Å². The molecule has 1 aromatic rings. The predicted molar refractivity (Wildman–Crippen MR) is 67.4 cm³/mol. The van der Waals surface area contributed by atoms with Crippen LogP contribution in [0.15, 0.2) is 24.5 Å². The van der Waals surface area contributed by atoms with Crippen molar-refractivity contribution in [2.24, 2.45) is 5.92 Å². The highest BCUT2D eigenvalue weighted by Gasteiger charge is 2.24. The lowest BCUT2D eigenvalue weighted by Crippen LogP contribution is -2.36. The quantitative estimate of drug-likeness (QED) is 0.822. The average molecular weight is 218 g/mol. The van der Waals surface area contributed by atoms with Gasteiger partial charge >= 0.3 is 0 Å². The number of hydrogen-bond acceptors (Lipinski definition) is 2. The van der Waals surface area contributed by atoms with Crippen LogP contribution in [0, 0.1) is 5.92 Å². The third kappa shape index (κ3) is 3.05. The van der Waals surface area contributed by atoms with Crippen molar-refractivity contribution in [3.05, 3.63) is 30.1 Å². The minimum absolute atomic E-state index is 0.662. The zero-order valence-electron chi connectivity index (χ0n) is 10.2. The third-order valence-corrected chi connectivity index (χ3v) is 3.64. The molecule has 1 atom stereocenters. The van der Waals surface area contributed by atoms with E-state index in [2.05, 4.69) is 29.4 Å². The summed E-state index contributed by atoms with van der Waals surface area (Å²) in [6.45, 7) is 3.28. The van der Waals surface area contributed by atoms with E-state index >= 15 is 0 Å². The number of rotatable bonds is 5. The summed E-state index contributed by atoms with van der Waals surface area (Å²) >= 11 is 0. The van der Waals surface area contributed by atoms with Crippen molar-refractivity contribution in [2.45, 2.75) is 45.1 Å². The third-order valence-electron chi connectivity index (χ3n) is 3.64. The fourth-order valence-electron chi connectivity index (χ4n) is 2.80. The Morgan fingerprint density at radius 2 is 2.00 bits per heavy atom. The highest BCUT2D eigenvalue weighted by atomic mass is 14.9. The predicted octanol–water partition coefficient (Wildman–Crippen LogP) is 2.79. The molecule has 0 spiro atoms. The van der Waals surface area contributed by atoms with Gasteiger partial charge in [-0.05, 0) is 49.4 Å². The minimum atomic E-state index is 0.662. The second-order valence-electron chi connectivity index (χ2n) is 4.77. The summed E-state index contributed by atoms with van der Waals surface area (Å²) in [4.78, 5) is 4.08. The minimum Gasteiger partial charge on any atom is -0.314 e. The largest absolute Gasteiger partial charge is 0.314 e. The second-order valence-corrected chi connectivity index (χ2v) is 4.77. The Balaban J connectivity index is 1.96. The highest BCUT2D eigenvalue weighted by Crippen LogP contribution is 2.29. The van der Waals surface area contributed by atoms with E-state index < -0.39 is 0 Å². The Hall–Kier alpha value is -0.890. The summed E-state index contributed by atoms with van der Waals surface area (Å²) in [5.74, 6) is 0.883. The van der Waals surface area contributed by atoms with E-state index in [4.69, 9.17) is 0 Å². The zero-order chi connectivity index (χ0) is 11.2. The molecule has 1 N–H and O–H groups in total. The topological polar surface area (TPSA) is 24.9 Å². The number of nitrogens with one attached hydrogen (secondary N) is 1. The number of hydrogen-bond donors (Lipinski definition) is 1. The van der Waals surface area contributed by atoms with Crippen molar-refractivity contribution in [2.75, 3.05) is 6.54 Å². The maximum atomic E-state index is 4.08. The lowest BCUT2D eigenvalue weighted by Gasteiger charge is -2.24. The summed E-state index contributed by atoms with van der Waals surface area (Å²) in [5, 5.41) is 3.65. The highest BCUT2D eigenvalue weighted by molar-refractivity contribution is 5.12. The van der Waals surface area contributed by atoms with E-state index in [1.165, 1.54) is 31.2 Å². The summed E-state index contributed by atoms with van der Waals surface area (Å²) in [5.41, 5.74) is 1.41. The van der Waals surface area contributed by atoms with Gasteiger partial charge < -0.3 is 5.32 Å². The van der Waals surface area contributed by atoms with Crippen LogP contribution in [0.5, 0.6) is 0 Å². The lowest BCUT2D eigenvalue weighted by molar-refractivity contribution is 0.362. The van der Waals surface area contributed by atoms with Crippen LogP contribution in [-0.4, -0.2) is 17.6 Å². The van der Waals surface area contributed by atoms with E-state index in [9.17, 15) is 0 Å². The molecule has 0 bridgehead atoms. The SMILES string of the molecule is CCNC(Cc1ccncc1)C1CCCC1. The maximum absolute atomic E-state index is 4.08. The molecule has 0 amide bonds. The Morgan fingerprint density at radius 3 is 2.62 bits per heavy atom. The first-order valence-electron chi connectivity index (χ1n) is 6.52. The van der Waals surface area contributed by atoms with Gasteiger partial charge in [0.25, 0.3) is 0 Å². The van der Waals surface area contributed by atoms with E-state index in [0.29, 0.717) is 6.04 Å². The number of aromatic nitrogens is 1. The van der Waals surface area contributed by atoms with Crippen LogP contribution in [0.25, 0.3) is 0 Å². The van der Waals surface area contributed by atoms with Gasteiger partial charge in [0, 0.05) is 18.4 Å². The van der Waals surface area contributed by atoms with E-state index in [0.717, 1.165) is 18.9 Å². The smallest absolute Gasteiger partial charge is 0.0270 e. The van der Waals surface area contributed by atoms with Gasteiger partial charge in [0.15, 0.2) is 0 Å². The zero-order valence-corrected chi connectivity index (χ0v) is 10.2. The van der Waals surface area contributed by atoms with Crippen molar-refractivity contribution in [1.29, 1.82) is 0 Å². The molecular formula is C14H22N2. The van der Waals surface area contributed by atoms with Gasteiger partial charge in [0.1, 0.15) is 0 Å².